The molecule has 0 unspecified atom stereocenters. The van der Waals surface area contributed by atoms with E-state index in [4.69, 9.17) is 22.1 Å². The average Bonchev–Trinajstić information content (AvgIpc) is 2.62. The van der Waals surface area contributed by atoms with Crippen LogP contribution in [0.1, 0.15) is 0 Å². The SMILES string of the molecule is Nc1ccc(Oc2ccc(NC(=O)Nc3ccc(F)c(Cl)c3)cc2)cn1. The minimum Gasteiger partial charge on any atom is -0.456 e. The van der Waals surface area contributed by atoms with E-state index >= 15 is 0 Å². The molecule has 0 aliphatic carbocycles. The molecule has 3 rings (SSSR count). The lowest BCUT2D eigenvalue weighted by Crippen LogP contribution is -2.19. The number of urea groups is 1. The fourth-order valence-electron chi connectivity index (χ4n) is 2.06. The molecule has 0 radical (unpaired) electrons. The van der Waals surface area contributed by atoms with Gasteiger partial charge in [-0.3, -0.25) is 0 Å². The van der Waals surface area contributed by atoms with Gasteiger partial charge in [0.1, 0.15) is 23.1 Å². The third-order valence-corrected chi connectivity index (χ3v) is 3.57. The molecule has 1 aromatic heterocycles. The Morgan fingerprint density at radius 2 is 1.65 bits per heavy atom. The highest BCUT2D eigenvalue weighted by Crippen LogP contribution is 2.23. The van der Waals surface area contributed by atoms with E-state index in [1.165, 1.54) is 24.4 Å². The molecule has 8 heteroatoms. The number of benzene rings is 2. The standard InChI is InChI=1S/C18H14ClFN4O2/c19-15-9-12(3-7-16(15)20)24-18(25)23-11-1-4-13(5-2-11)26-14-6-8-17(21)22-10-14/h1-10H,(H2,21,22)(H2,23,24,25). The Hall–Kier alpha value is -3.32. The molecule has 4 N–H and O–H groups in total. The van der Waals surface area contributed by atoms with E-state index < -0.39 is 11.8 Å². The van der Waals surface area contributed by atoms with Gasteiger partial charge in [-0.25, -0.2) is 14.2 Å². The first-order chi connectivity index (χ1) is 12.5. The summed E-state index contributed by atoms with van der Waals surface area (Å²) in [5, 5.41) is 5.15. The van der Waals surface area contributed by atoms with Crippen LogP contribution >= 0.6 is 11.6 Å². The zero-order chi connectivity index (χ0) is 18.5. The van der Waals surface area contributed by atoms with E-state index in [0.717, 1.165) is 0 Å². The van der Waals surface area contributed by atoms with E-state index in [-0.39, 0.29) is 5.02 Å². The van der Waals surface area contributed by atoms with Gasteiger partial charge in [-0.2, -0.15) is 0 Å². The molecule has 2 amide bonds. The second kappa shape index (κ2) is 7.71. The number of nitrogens with one attached hydrogen (secondary N) is 2. The Morgan fingerprint density at radius 1 is 1.00 bits per heavy atom. The molecule has 0 fully saturated rings. The van der Waals surface area contributed by atoms with E-state index in [0.29, 0.717) is 28.7 Å². The molecule has 6 nitrogen and oxygen atoms in total. The van der Waals surface area contributed by atoms with E-state index in [2.05, 4.69) is 15.6 Å². The van der Waals surface area contributed by atoms with Gasteiger partial charge in [-0.05, 0) is 54.6 Å². The van der Waals surface area contributed by atoms with Crippen LogP contribution in [0.25, 0.3) is 0 Å². The van der Waals surface area contributed by atoms with Gasteiger partial charge in [-0.15, -0.1) is 0 Å². The zero-order valence-electron chi connectivity index (χ0n) is 13.4. The molecule has 2 aromatic carbocycles. The predicted octanol–water partition coefficient (Wildman–Crippen LogP) is 4.89. The highest BCUT2D eigenvalue weighted by Gasteiger charge is 2.06. The zero-order valence-corrected chi connectivity index (χ0v) is 14.1. The van der Waals surface area contributed by atoms with Crippen LogP contribution in [0.3, 0.4) is 0 Å². The molecule has 0 saturated carbocycles. The highest BCUT2D eigenvalue weighted by atomic mass is 35.5. The van der Waals surface area contributed by atoms with Crippen molar-refractivity contribution in [1.29, 1.82) is 0 Å². The van der Waals surface area contributed by atoms with Gasteiger partial charge in [-0.1, -0.05) is 11.6 Å². The highest BCUT2D eigenvalue weighted by molar-refractivity contribution is 6.31. The Morgan fingerprint density at radius 3 is 2.31 bits per heavy atom. The number of anilines is 3. The van der Waals surface area contributed by atoms with Crippen molar-refractivity contribution in [2.24, 2.45) is 0 Å². The molecule has 0 saturated heterocycles. The summed E-state index contributed by atoms with van der Waals surface area (Å²) in [7, 11) is 0. The van der Waals surface area contributed by atoms with Gasteiger partial charge >= 0.3 is 6.03 Å². The molecule has 0 atom stereocenters. The molecular formula is C18H14ClFN4O2. The number of nitrogens with two attached hydrogens (primary N) is 1. The molecule has 3 aromatic rings. The summed E-state index contributed by atoms with van der Waals surface area (Å²) in [6.45, 7) is 0. The minimum absolute atomic E-state index is 0.0681. The first-order valence-electron chi connectivity index (χ1n) is 7.52. The lowest BCUT2D eigenvalue weighted by Gasteiger charge is -2.09. The van der Waals surface area contributed by atoms with Crippen molar-refractivity contribution in [3.8, 4) is 11.5 Å². The third kappa shape index (κ3) is 4.61. The van der Waals surface area contributed by atoms with Crippen LogP contribution < -0.4 is 21.1 Å². The minimum atomic E-state index is -0.551. The number of carbonyl (C=O) groups is 1. The molecule has 1 heterocycles. The third-order valence-electron chi connectivity index (χ3n) is 3.28. The molecule has 0 aliphatic rings. The topological polar surface area (TPSA) is 89.3 Å². The molecular weight excluding hydrogens is 359 g/mol. The number of rotatable bonds is 4. The summed E-state index contributed by atoms with van der Waals surface area (Å²) in [5.74, 6) is 0.980. The molecule has 132 valence electrons. The van der Waals surface area contributed by atoms with Gasteiger partial charge in [0.15, 0.2) is 0 Å². The Labute approximate surface area is 153 Å². The largest absolute Gasteiger partial charge is 0.456 e. The second-order valence-corrected chi connectivity index (χ2v) is 5.66. The molecule has 0 spiro atoms. The van der Waals surface area contributed by atoms with Gasteiger partial charge in [0.05, 0.1) is 11.2 Å². The number of nitrogen functional groups attached to an aromatic ring is 1. The Kier molecular flexibility index (Phi) is 5.19. The number of ether oxygens (including phenoxy) is 1. The summed E-state index contributed by atoms with van der Waals surface area (Å²) >= 11 is 5.68. The first kappa shape index (κ1) is 17.5. The normalized spacial score (nSPS) is 10.2. The van der Waals surface area contributed by atoms with Gasteiger partial charge in [0.2, 0.25) is 0 Å². The molecule has 26 heavy (non-hydrogen) atoms. The summed E-state index contributed by atoms with van der Waals surface area (Å²) in [6, 6.07) is 13.5. The summed E-state index contributed by atoms with van der Waals surface area (Å²) < 4.78 is 18.7. The van der Waals surface area contributed by atoms with Crippen LogP contribution in [0.4, 0.5) is 26.4 Å². The van der Waals surface area contributed by atoms with Gasteiger partial charge in [0.25, 0.3) is 0 Å². The van der Waals surface area contributed by atoms with Crippen molar-refractivity contribution in [2.75, 3.05) is 16.4 Å². The fourth-order valence-corrected chi connectivity index (χ4v) is 2.24. The maximum atomic E-state index is 13.1. The summed E-state index contributed by atoms with van der Waals surface area (Å²) in [4.78, 5) is 15.9. The van der Waals surface area contributed by atoms with Crippen LogP contribution in [-0.4, -0.2) is 11.0 Å². The lowest BCUT2D eigenvalue weighted by molar-refractivity contribution is 0.262. The fraction of sp³-hybridized carbons (Fsp3) is 0. The quantitative estimate of drug-likeness (QED) is 0.608. The van der Waals surface area contributed by atoms with Crippen molar-refractivity contribution in [3.05, 3.63) is 71.6 Å². The first-order valence-corrected chi connectivity index (χ1v) is 7.90. The maximum Gasteiger partial charge on any atom is 0.323 e. The average molecular weight is 373 g/mol. The monoisotopic (exact) mass is 372 g/mol. The van der Waals surface area contributed by atoms with Crippen LogP contribution in [0.5, 0.6) is 11.5 Å². The van der Waals surface area contributed by atoms with Crippen LogP contribution in [0.2, 0.25) is 5.02 Å². The van der Waals surface area contributed by atoms with Gasteiger partial charge < -0.3 is 21.1 Å². The van der Waals surface area contributed by atoms with Crippen LogP contribution in [-0.2, 0) is 0 Å². The van der Waals surface area contributed by atoms with Crippen molar-refractivity contribution >= 4 is 34.8 Å². The number of hydrogen-bond donors (Lipinski definition) is 3. The number of carbonyl (C=O) groups excluding carboxylic acids is 1. The Bertz CT molecular complexity index is 917. The van der Waals surface area contributed by atoms with Crippen molar-refractivity contribution in [1.82, 2.24) is 4.98 Å². The van der Waals surface area contributed by atoms with Crippen LogP contribution in [0, 0.1) is 5.82 Å². The van der Waals surface area contributed by atoms with E-state index in [1.54, 1.807) is 36.4 Å². The summed E-state index contributed by atoms with van der Waals surface area (Å²) in [6.07, 6.45) is 1.52. The number of pyridine rings is 1. The van der Waals surface area contributed by atoms with Crippen LogP contribution in [0.15, 0.2) is 60.8 Å². The number of hydrogen-bond acceptors (Lipinski definition) is 4. The van der Waals surface area contributed by atoms with Crippen molar-refractivity contribution < 1.29 is 13.9 Å². The smallest absolute Gasteiger partial charge is 0.323 e. The number of nitrogens with zero attached hydrogens (tertiary/aromatic N) is 1. The number of aromatic nitrogens is 1. The van der Waals surface area contributed by atoms with E-state index in [1.807, 2.05) is 0 Å². The Balaban J connectivity index is 1.58. The van der Waals surface area contributed by atoms with E-state index in [9.17, 15) is 9.18 Å². The number of amides is 2. The molecule has 0 aliphatic heterocycles. The van der Waals surface area contributed by atoms with Crippen molar-refractivity contribution in [3.63, 3.8) is 0 Å². The maximum absolute atomic E-state index is 13.1. The molecule has 0 bridgehead atoms. The second-order valence-electron chi connectivity index (χ2n) is 5.25. The number of halogens is 2. The summed E-state index contributed by atoms with van der Waals surface area (Å²) in [5.41, 5.74) is 6.45. The lowest BCUT2D eigenvalue weighted by atomic mass is 10.3. The predicted molar refractivity (Wildman–Crippen MR) is 99.2 cm³/mol. The van der Waals surface area contributed by atoms with Crippen molar-refractivity contribution in [2.45, 2.75) is 0 Å². The van der Waals surface area contributed by atoms with Gasteiger partial charge in [0, 0.05) is 11.4 Å².